The third kappa shape index (κ3) is 2.88. The zero-order chi connectivity index (χ0) is 15.7. The Morgan fingerprint density at radius 1 is 1.36 bits per heavy atom. The van der Waals surface area contributed by atoms with Gasteiger partial charge < -0.3 is 9.47 Å². The van der Waals surface area contributed by atoms with Crippen LogP contribution in [0.3, 0.4) is 0 Å². The molecule has 2 aromatic heterocycles. The van der Waals surface area contributed by atoms with Gasteiger partial charge in [-0.25, -0.2) is 18.1 Å². The van der Waals surface area contributed by atoms with E-state index >= 15 is 0 Å². The van der Waals surface area contributed by atoms with Crippen LogP contribution in [-0.2, 0) is 4.74 Å². The van der Waals surface area contributed by atoms with Gasteiger partial charge >= 0.3 is 5.97 Å². The molecular weight excluding hydrogens is 294 g/mol. The summed E-state index contributed by atoms with van der Waals surface area (Å²) in [6, 6.07) is 3.40. The van der Waals surface area contributed by atoms with Crippen LogP contribution in [-0.4, -0.2) is 34.7 Å². The molecule has 1 aliphatic rings. The number of halogens is 2. The van der Waals surface area contributed by atoms with Gasteiger partial charge in [0, 0.05) is 12.8 Å². The molecule has 0 aromatic carbocycles. The van der Waals surface area contributed by atoms with E-state index in [1.165, 1.54) is 17.8 Å². The molecule has 5 nitrogen and oxygen atoms in total. The van der Waals surface area contributed by atoms with Crippen molar-refractivity contribution in [3.63, 3.8) is 0 Å². The van der Waals surface area contributed by atoms with Crippen molar-refractivity contribution in [2.24, 2.45) is 0 Å². The summed E-state index contributed by atoms with van der Waals surface area (Å²) in [5.74, 6) is -2.48. The van der Waals surface area contributed by atoms with Crippen LogP contribution in [0.5, 0.6) is 5.75 Å². The number of rotatable bonds is 3. The van der Waals surface area contributed by atoms with Crippen molar-refractivity contribution in [2.75, 3.05) is 7.11 Å². The molecule has 0 unspecified atom stereocenters. The Kier molecular flexibility index (Phi) is 3.72. The number of nitrogens with zero attached hydrogens (tertiary/aromatic N) is 2. The summed E-state index contributed by atoms with van der Waals surface area (Å²) in [5.41, 5.74) is 0.973. The van der Waals surface area contributed by atoms with E-state index in [0.29, 0.717) is 29.7 Å². The Hall–Kier alpha value is -2.18. The number of aromatic nitrogens is 2. The highest BCUT2D eigenvalue weighted by Crippen LogP contribution is 2.34. The molecule has 7 heteroatoms. The van der Waals surface area contributed by atoms with Crippen molar-refractivity contribution in [3.05, 3.63) is 30.1 Å². The van der Waals surface area contributed by atoms with Gasteiger partial charge in [0.2, 0.25) is 5.92 Å². The lowest BCUT2D eigenvalue weighted by atomic mass is 9.94. The highest BCUT2D eigenvalue weighted by atomic mass is 19.3. The van der Waals surface area contributed by atoms with Gasteiger partial charge in [-0.2, -0.15) is 5.10 Å². The lowest BCUT2D eigenvalue weighted by Crippen LogP contribution is -2.30. The summed E-state index contributed by atoms with van der Waals surface area (Å²) in [5, 5.41) is 4.08. The first-order valence-corrected chi connectivity index (χ1v) is 7.09. The molecule has 0 atom stereocenters. The first kappa shape index (κ1) is 14.7. The molecule has 2 heterocycles. The second kappa shape index (κ2) is 5.55. The van der Waals surface area contributed by atoms with Crippen LogP contribution >= 0.6 is 0 Å². The number of methoxy groups -OCH3 is 1. The van der Waals surface area contributed by atoms with Gasteiger partial charge in [0.15, 0.2) is 0 Å². The standard InChI is InChI=1S/C15H16F2N2O3/c1-21-14(20)12-8-18-19-9-11(2-3-13(12)19)22-10-4-6-15(16,17)7-5-10/h2-3,8-10H,4-7H2,1H3. The minimum Gasteiger partial charge on any atom is -0.489 e. The molecule has 0 amide bonds. The zero-order valence-corrected chi connectivity index (χ0v) is 12.1. The van der Waals surface area contributed by atoms with E-state index < -0.39 is 11.9 Å². The maximum Gasteiger partial charge on any atom is 0.341 e. The van der Waals surface area contributed by atoms with Crippen LogP contribution < -0.4 is 4.74 Å². The average Bonchev–Trinajstić information content (AvgIpc) is 2.92. The van der Waals surface area contributed by atoms with Crippen molar-refractivity contribution in [1.82, 2.24) is 9.61 Å². The van der Waals surface area contributed by atoms with E-state index in [1.807, 2.05) is 0 Å². The van der Waals surface area contributed by atoms with E-state index in [0.717, 1.165) is 0 Å². The number of hydrogen-bond acceptors (Lipinski definition) is 4. The van der Waals surface area contributed by atoms with Gasteiger partial charge in [-0.15, -0.1) is 0 Å². The fourth-order valence-corrected chi connectivity index (χ4v) is 2.63. The SMILES string of the molecule is COC(=O)c1cnn2cc(OC3CCC(F)(F)CC3)ccc12. The number of hydrogen-bond donors (Lipinski definition) is 0. The molecule has 0 saturated heterocycles. The van der Waals surface area contributed by atoms with Gasteiger partial charge in [0.05, 0.1) is 31.1 Å². The Balaban J connectivity index is 1.75. The van der Waals surface area contributed by atoms with E-state index in [9.17, 15) is 13.6 Å². The number of carbonyl (C=O) groups is 1. The molecule has 118 valence electrons. The number of alkyl halides is 2. The predicted octanol–water partition coefficient (Wildman–Crippen LogP) is 3.08. The molecule has 22 heavy (non-hydrogen) atoms. The first-order valence-electron chi connectivity index (χ1n) is 7.09. The van der Waals surface area contributed by atoms with Crippen molar-refractivity contribution >= 4 is 11.5 Å². The van der Waals surface area contributed by atoms with Crippen molar-refractivity contribution < 1.29 is 23.0 Å². The summed E-state index contributed by atoms with van der Waals surface area (Å²) >= 11 is 0. The lowest BCUT2D eigenvalue weighted by molar-refractivity contribution is -0.0583. The van der Waals surface area contributed by atoms with Crippen LogP contribution in [0.15, 0.2) is 24.5 Å². The molecule has 0 radical (unpaired) electrons. The minimum atomic E-state index is -2.57. The molecule has 1 saturated carbocycles. The van der Waals surface area contributed by atoms with E-state index in [-0.39, 0.29) is 18.9 Å². The molecule has 1 aliphatic carbocycles. The Labute approximate surface area is 125 Å². The molecule has 1 fully saturated rings. The van der Waals surface area contributed by atoms with Gasteiger partial charge in [0.25, 0.3) is 0 Å². The number of fused-ring (bicyclic) bond motifs is 1. The summed E-state index contributed by atoms with van der Waals surface area (Å²) in [4.78, 5) is 11.6. The first-order chi connectivity index (χ1) is 10.5. The normalized spacial score (nSPS) is 18.3. The van der Waals surface area contributed by atoms with Gasteiger partial charge in [-0.05, 0) is 25.0 Å². The van der Waals surface area contributed by atoms with Crippen LogP contribution in [0.1, 0.15) is 36.0 Å². The fourth-order valence-electron chi connectivity index (χ4n) is 2.63. The van der Waals surface area contributed by atoms with Gasteiger partial charge in [-0.3, -0.25) is 0 Å². The monoisotopic (exact) mass is 310 g/mol. The zero-order valence-electron chi connectivity index (χ0n) is 12.1. The number of carbonyl (C=O) groups excluding carboxylic acids is 1. The summed E-state index contributed by atoms with van der Waals surface area (Å²) in [6.07, 6.45) is 3.21. The number of ether oxygens (including phenoxy) is 2. The van der Waals surface area contributed by atoms with Crippen molar-refractivity contribution in [1.29, 1.82) is 0 Å². The third-order valence-corrected chi connectivity index (χ3v) is 3.86. The maximum absolute atomic E-state index is 13.1. The Morgan fingerprint density at radius 3 is 2.77 bits per heavy atom. The highest BCUT2D eigenvalue weighted by molar-refractivity contribution is 5.96. The van der Waals surface area contributed by atoms with E-state index in [1.54, 1.807) is 18.3 Å². The fraction of sp³-hybridized carbons (Fsp3) is 0.467. The largest absolute Gasteiger partial charge is 0.489 e. The molecule has 0 aliphatic heterocycles. The molecule has 0 spiro atoms. The molecular formula is C15H16F2N2O3. The topological polar surface area (TPSA) is 52.8 Å². The van der Waals surface area contributed by atoms with Crippen LogP contribution in [0.4, 0.5) is 8.78 Å². The third-order valence-electron chi connectivity index (χ3n) is 3.86. The predicted molar refractivity (Wildman–Crippen MR) is 74.4 cm³/mol. The molecule has 2 aromatic rings. The Bertz CT molecular complexity index is 689. The smallest absolute Gasteiger partial charge is 0.341 e. The highest BCUT2D eigenvalue weighted by Gasteiger charge is 2.35. The number of esters is 1. The number of pyridine rings is 1. The Morgan fingerprint density at radius 2 is 2.09 bits per heavy atom. The summed E-state index contributed by atoms with van der Waals surface area (Å²) in [7, 11) is 1.31. The van der Waals surface area contributed by atoms with Gasteiger partial charge in [0.1, 0.15) is 11.3 Å². The van der Waals surface area contributed by atoms with Crippen molar-refractivity contribution in [2.45, 2.75) is 37.7 Å². The second-order valence-corrected chi connectivity index (χ2v) is 5.42. The van der Waals surface area contributed by atoms with E-state index in [2.05, 4.69) is 9.84 Å². The molecule has 3 rings (SSSR count). The maximum atomic E-state index is 13.1. The van der Waals surface area contributed by atoms with Crippen molar-refractivity contribution in [3.8, 4) is 5.75 Å². The van der Waals surface area contributed by atoms with E-state index in [4.69, 9.17) is 4.74 Å². The van der Waals surface area contributed by atoms with Gasteiger partial charge in [-0.1, -0.05) is 0 Å². The van der Waals surface area contributed by atoms with Crippen LogP contribution in [0.25, 0.3) is 5.52 Å². The lowest BCUT2D eigenvalue weighted by Gasteiger charge is -2.28. The summed E-state index contributed by atoms with van der Waals surface area (Å²) < 4.78 is 38.2. The molecule has 0 N–H and O–H groups in total. The summed E-state index contributed by atoms with van der Waals surface area (Å²) in [6.45, 7) is 0. The second-order valence-electron chi connectivity index (χ2n) is 5.42. The quantitative estimate of drug-likeness (QED) is 0.818. The minimum absolute atomic E-state index is 0.145. The average molecular weight is 310 g/mol. The molecule has 0 bridgehead atoms. The van der Waals surface area contributed by atoms with Crippen LogP contribution in [0.2, 0.25) is 0 Å². The van der Waals surface area contributed by atoms with Crippen LogP contribution in [0, 0.1) is 0 Å².